The lowest BCUT2D eigenvalue weighted by atomic mass is 10.1. The summed E-state index contributed by atoms with van der Waals surface area (Å²) in [5, 5.41) is 5.21. The van der Waals surface area contributed by atoms with E-state index in [1.165, 1.54) is 11.9 Å². The van der Waals surface area contributed by atoms with Crippen molar-refractivity contribution in [2.24, 2.45) is 0 Å². The van der Waals surface area contributed by atoms with Crippen LogP contribution in [0.2, 0.25) is 0 Å². The molecule has 0 spiro atoms. The molecule has 0 aliphatic carbocycles. The van der Waals surface area contributed by atoms with Crippen molar-refractivity contribution in [1.82, 2.24) is 10.2 Å². The van der Waals surface area contributed by atoms with Crippen molar-refractivity contribution in [1.29, 1.82) is 0 Å². The molecule has 0 saturated heterocycles. The van der Waals surface area contributed by atoms with Gasteiger partial charge >= 0.3 is 0 Å². The zero-order chi connectivity index (χ0) is 14.9. The number of anilines is 1. The summed E-state index contributed by atoms with van der Waals surface area (Å²) in [5.74, 6) is -0.945. The van der Waals surface area contributed by atoms with Gasteiger partial charge in [0.1, 0.15) is 12.1 Å². The maximum Gasteiger partial charge on any atom is 0.257 e. The lowest BCUT2D eigenvalue weighted by Crippen LogP contribution is -2.53. The molecule has 2 unspecified atom stereocenters. The summed E-state index contributed by atoms with van der Waals surface area (Å²) in [6.07, 6.45) is 0. The standard InChI is InChI=1S/C14H17N3O3/c1-8(12(18)15-3)17-9(2)13(19)16-11-7-5-4-6-10(11)14(17)20/h4-9H,1-3H3,(H,15,18)(H,16,19). The number of likely N-dealkylation sites (N-methyl/N-ethyl adjacent to an activating group) is 1. The molecule has 0 fully saturated rings. The average Bonchev–Trinajstić information content (AvgIpc) is 2.54. The van der Waals surface area contributed by atoms with Crippen LogP contribution in [0.5, 0.6) is 0 Å². The van der Waals surface area contributed by atoms with Crippen LogP contribution in [0.1, 0.15) is 24.2 Å². The number of rotatable bonds is 2. The number of nitrogens with zero attached hydrogens (tertiary/aromatic N) is 1. The molecule has 1 aliphatic heterocycles. The number of fused-ring (bicyclic) bond motifs is 1. The van der Waals surface area contributed by atoms with Crippen molar-refractivity contribution in [2.45, 2.75) is 25.9 Å². The lowest BCUT2D eigenvalue weighted by Gasteiger charge is -2.30. The highest BCUT2D eigenvalue weighted by molar-refractivity contribution is 6.10. The van der Waals surface area contributed by atoms with Crippen LogP contribution in [0.3, 0.4) is 0 Å². The molecule has 6 heteroatoms. The highest BCUT2D eigenvalue weighted by Crippen LogP contribution is 2.24. The summed E-state index contributed by atoms with van der Waals surface area (Å²) >= 11 is 0. The fraction of sp³-hybridized carbons (Fsp3) is 0.357. The molecule has 20 heavy (non-hydrogen) atoms. The van der Waals surface area contributed by atoms with Crippen LogP contribution in [0, 0.1) is 0 Å². The van der Waals surface area contributed by atoms with Gasteiger partial charge in [-0.3, -0.25) is 14.4 Å². The van der Waals surface area contributed by atoms with Crippen LogP contribution < -0.4 is 10.6 Å². The Labute approximate surface area is 117 Å². The van der Waals surface area contributed by atoms with Crippen LogP contribution in [-0.4, -0.2) is 41.8 Å². The number of para-hydroxylation sites is 1. The molecule has 0 radical (unpaired) electrons. The molecule has 106 valence electrons. The van der Waals surface area contributed by atoms with Gasteiger partial charge in [-0.2, -0.15) is 0 Å². The van der Waals surface area contributed by atoms with Crippen molar-refractivity contribution >= 4 is 23.4 Å². The van der Waals surface area contributed by atoms with Crippen LogP contribution in [-0.2, 0) is 9.59 Å². The third kappa shape index (κ3) is 2.24. The molecule has 2 atom stereocenters. The summed E-state index contributed by atoms with van der Waals surface area (Å²) in [7, 11) is 1.50. The molecule has 6 nitrogen and oxygen atoms in total. The summed E-state index contributed by atoms with van der Waals surface area (Å²) in [6, 6.07) is 5.34. The van der Waals surface area contributed by atoms with Crippen molar-refractivity contribution in [2.75, 3.05) is 12.4 Å². The second-order valence-corrected chi connectivity index (χ2v) is 4.71. The van der Waals surface area contributed by atoms with Crippen LogP contribution >= 0.6 is 0 Å². The quantitative estimate of drug-likeness (QED) is 0.829. The summed E-state index contributed by atoms with van der Waals surface area (Å²) < 4.78 is 0. The van der Waals surface area contributed by atoms with Gasteiger partial charge in [0.05, 0.1) is 11.3 Å². The molecular formula is C14H17N3O3. The van der Waals surface area contributed by atoms with Gasteiger partial charge in [0.2, 0.25) is 11.8 Å². The Morgan fingerprint density at radius 1 is 1.35 bits per heavy atom. The maximum absolute atomic E-state index is 12.6. The van der Waals surface area contributed by atoms with Crippen molar-refractivity contribution in [3.8, 4) is 0 Å². The minimum absolute atomic E-state index is 0.306. The smallest absolute Gasteiger partial charge is 0.257 e. The van der Waals surface area contributed by atoms with Crippen LogP contribution in [0.4, 0.5) is 5.69 Å². The maximum atomic E-state index is 12.6. The van der Waals surface area contributed by atoms with E-state index in [0.29, 0.717) is 11.3 Å². The van der Waals surface area contributed by atoms with Gasteiger partial charge in [0, 0.05) is 7.05 Å². The van der Waals surface area contributed by atoms with E-state index in [0.717, 1.165) is 0 Å². The van der Waals surface area contributed by atoms with Crippen molar-refractivity contribution < 1.29 is 14.4 Å². The van der Waals surface area contributed by atoms with Crippen molar-refractivity contribution in [3.63, 3.8) is 0 Å². The summed E-state index contributed by atoms with van der Waals surface area (Å²) in [4.78, 5) is 37.8. The molecular weight excluding hydrogens is 258 g/mol. The second kappa shape index (κ2) is 5.32. The molecule has 0 bridgehead atoms. The number of hydrogen-bond donors (Lipinski definition) is 2. The number of nitrogens with one attached hydrogen (secondary N) is 2. The third-order valence-corrected chi connectivity index (χ3v) is 3.49. The normalized spacial score (nSPS) is 19.8. The summed E-state index contributed by atoms with van der Waals surface area (Å²) in [6.45, 7) is 3.22. The van der Waals surface area contributed by atoms with Gasteiger partial charge in [-0.25, -0.2) is 0 Å². The first kappa shape index (κ1) is 14.0. The van der Waals surface area contributed by atoms with E-state index in [9.17, 15) is 14.4 Å². The summed E-state index contributed by atoms with van der Waals surface area (Å²) in [5.41, 5.74) is 0.863. The monoisotopic (exact) mass is 275 g/mol. The van der Waals surface area contributed by atoms with Gasteiger partial charge < -0.3 is 15.5 Å². The van der Waals surface area contributed by atoms with Gasteiger partial charge in [-0.05, 0) is 26.0 Å². The predicted octanol–water partition coefficient (Wildman–Crippen LogP) is 0.604. The van der Waals surface area contributed by atoms with Gasteiger partial charge in [0.15, 0.2) is 0 Å². The van der Waals surface area contributed by atoms with Crippen LogP contribution in [0.15, 0.2) is 24.3 Å². The number of amides is 3. The largest absolute Gasteiger partial charge is 0.357 e. The molecule has 3 amide bonds. The Morgan fingerprint density at radius 3 is 2.65 bits per heavy atom. The van der Waals surface area contributed by atoms with E-state index in [1.54, 1.807) is 38.1 Å². The Bertz CT molecular complexity index is 567. The van der Waals surface area contributed by atoms with Gasteiger partial charge in [-0.15, -0.1) is 0 Å². The molecule has 0 saturated carbocycles. The Hall–Kier alpha value is -2.37. The Balaban J connectivity index is 2.48. The molecule has 1 aliphatic rings. The first-order chi connectivity index (χ1) is 9.47. The number of benzene rings is 1. The topological polar surface area (TPSA) is 78.5 Å². The van der Waals surface area contributed by atoms with E-state index >= 15 is 0 Å². The number of carbonyl (C=O) groups is 3. The fourth-order valence-corrected chi connectivity index (χ4v) is 2.30. The predicted molar refractivity (Wildman–Crippen MR) is 74.2 cm³/mol. The minimum atomic E-state index is -0.723. The SMILES string of the molecule is CNC(=O)C(C)N1C(=O)c2ccccc2NC(=O)C1C. The molecule has 1 heterocycles. The zero-order valence-electron chi connectivity index (χ0n) is 11.6. The second-order valence-electron chi connectivity index (χ2n) is 4.71. The fourth-order valence-electron chi connectivity index (χ4n) is 2.30. The van der Waals surface area contributed by atoms with E-state index in [2.05, 4.69) is 10.6 Å². The van der Waals surface area contributed by atoms with E-state index in [4.69, 9.17) is 0 Å². The number of carbonyl (C=O) groups excluding carboxylic acids is 3. The van der Waals surface area contributed by atoms with Crippen molar-refractivity contribution in [3.05, 3.63) is 29.8 Å². The molecule has 0 aromatic heterocycles. The van der Waals surface area contributed by atoms with E-state index in [1.807, 2.05) is 0 Å². The average molecular weight is 275 g/mol. The molecule has 1 aromatic rings. The number of hydrogen-bond acceptors (Lipinski definition) is 3. The zero-order valence-corrected chi connectivity index (χ0v) is 11.6. The first-order valence-corrected chi connectivity index (χ1v) is 6.41. The van der Waals surface area contributed by atoms with E-state index < -0.39 is 12.1 Å². The highest BCUT2D eigenvalue weighted by Gasteiger charge is 2.37. The molecule has 1 aromatic carbocycles. The van der Waals surface area contributed by atoms with E-state index in [-0.39, 0.29) is 17.7 Å². The third-order valence-electron chi connectivity index (χ3n) is 3.49. The molecule has 2 rings (SSSR count). The lowest BCUT2D eigenvalue weighted by molar-refractivity contribution is -0.127. The highest BCUT2D eigenvalue weighted by atomic mass is 16.2. The Morgan fingerprint density at radius 2 is 2.00 bits per heavy atom. The van der Waals surface area contributed by atoms with Gasteiger partial charge in [0.25, 0.3) is 5.91 Å². The minimum Gasteiger partial charge on any atom is -0.357 e. The van der Waals surface area contributed by atoms with Gasteiger partial charge in [-0.1, -0.05) is 12.1 Å². The Kier molecular flexibility index (Phi) is 3.74. The first-order valence-electron chi connectivity index (χ1n) is 6.41. The molecule has 2 N–H and O–H groups in total. The van der Waals surface area contributed by atoms with Crippen LogP contribution in [0.25, 0.3) is 0 Å².